The summed E-state index contributed by atoms with van der Waals surface area (Å²) in [6.07, 6.45) is 3.81. The minimum absolute atomic E-state index is 0.202. The van der Waals surface area contributed by atoms with Gasteiger partial charge in [-0.1, -0.05) is 33.6 Å². The molecule has 1 aliphatic rings. The number of aromatic nitrogens is 2. The summed E-state index contributed by atoms with van der Waals surface area (Å²) in [5.41, 5.74) is 3.98. The quantitative estimate of drug-likeness (QED) is 0.439. The Labute approximate surface area is 179 Å². The Morgan fingerprint density at radius 3 is 2.79 bits per heavy atom. The Kier molecular flexibility index (Phi) is 5.90. The van der Waals surface area contributed by atoms with Crippen molar-refractivity contribution >= 4 is 32.8 Å². The number of hydrogen-bond acceptors (Lipinski definition) is 4. The Bertz CT molecular complexity index is 1040. The number of aryl methyl sites for hydroxylation is 1. The first kappa shape index (κ1) is 20.0. The zero-order valence-corrected chi connectivity index (χ0v) is 18.4. The minimum atomic E-state index is -0.244. The summed E-state index contributed by atoms with van der Waals surface area (Å²) < 4.78 is 14.4. The SMILES string of the molecule is CCOC(=O)Cc1cc(C)ccc1OCc1nn(C2CCC2)c2ccc(Br)cc12. The van der Waals surface area contributed by atoms with E-state index < -0.39 is 0 Å². The van der Waals surface area contributed by atoms with Gasteiger partial charge in [-0.15, -0.1) is 0 Å². The number of benzene rings is 2. The van der Waals surface area contributed by atoms with Crippen LogP contribution in [-0.4, -0.2) is 22.4 Å². The number of carbonyl (C=O) groups excluding carboxylic acids is 1. The first-order valence-electron chi connectivity index (χ1n) is 10.1. The molecule has 0 unspecified atom stereocenters. The first-order chi connectivity index (χ1) is 14.0. The Hall–Kier alpha value is -2.34. The third-order valence-corrected chi connectivity index (χ3v) is 5.88. The maximum Gasteiger partial charge on any atom is 0.310 e. The number of halogens is 1. The lowest BCUT2D eigenvalue weighted by molar-refractivity contribution is -0.142. The van der Waals surface area contributed by atoms with Crippen molar-refractivity contribution in [2.75, 3.05) is 6.61 Å². The number of nitrogens with zero attached hydrogens (tertiary/aromatic N) is 2. The molecule has 0 radical (unpaired) electrons. The zero-order valence-electron chi connectivity index (χ0n) is 16.8. The number of carbonyl (C=O) groups is 1. The van der Waals surface area contributed by atoms with E-state index in [2.05, 4.69) is 38.8 Å². The van der Waals surface area contributed by atoms with E-state index in [4.69, 9.17) is 14.6 Å². The van der Waals surface area contributed by atoms with Crippen LogP contribution in [0.1, 0.15) is 49.0 Å². The summed E-state index contributed by atoms with van der Waals surface area (Å²) in [6.45, 7) is 4.54. The summed E-state index contributed by atoms with van der Waals surface area (Å²) in [5, 5.41) is 5.99. The molecule has 1 aliphatic carbocycles. The van der Waals surface area contributed by atoms with Gasteiger partial charge in [0.1, 0.15) is 18.1 Å². The van der Waals surface area contributed by atoms with Gasteiger partial charge in [0.2, 0.25) is 0 Å². The highest BCUT2D eigenvalue weighted by molar-refractivity contribution is 9.10. The van der Waals surface area contributed by atoms with Gasteiger partial charge in [0.05, 0.1) is 24.6 Å². The van der Waals surface area contributed by atoms with Gasteiger partial charge in [-0.25, -0.2) is 0 Å². The van der Waals surface area contributed by atoms with Crippen LogP contribution in [0.3, 0.4) is 0 Å². The molecule has 5 nitrogen and oxygen atoms in total. The largest absolute Gasteiger partial charge is 0.487 e. The van der Waals surface area contributed by atoms with E-state index in [1.165, 1.54) is 19.3 Å². The van der Waals surface area contributed by atoms with E-state index in [9.17, 15) is 4.79 Å². The standard InChI is InChI=1S/C23H25BrN2O3/c1-3-28-23(27)12-16-11-15(2)7-10-22(16)29-14-20-19-13-17(24)8-9-21(19)26(25-20)18-5-4-6-18/h7-11,13,18H,3-6,12,14H2,1-2H3. The molecule has 0 amide bonds. The fraction of sp³-hybridized carbons (Fsp3) is 0.391. The van der Waals surface area contributed by atoms with Crippen molar-refractivity contribution in [1.29, 1.82) is 0 Å². The average molecular weight is 457 g/mol. The average Bonchev–Trinajstić information content (AvgIpc) is 2.97. The molecule has 1 saturated carbocycles. The van der Waals surface area contributed by atoms with Crippen LogP contribution >= 0.6 is 15.9 Å². The second-order valence-electron chi connectivity index (χ2n) is 7.52. The Morgan fingerprint density at radius 2 is 2.07 bits per heavy atom. The van der Waals surface area contributed by atoms with Gasteiger partial charge in [0.25, 0.3) is 0 Å². The normalized spacial score (nSPS) is 14.0. The molecule has 152 valence electrons. The predicted octanol–water partition coefficient (Wildman–Crippen LogP) is 5.52. The molecular weight excluding hydrogens is 432 g/mol. The zero-order chi connectivity index (χ0) is 20.4. The molecule has 29 heavy (non-hydrogen) atoms. The molecule has 0 bridgehead atoms. The summed E-state index contributed by atoms with van der Waals surface area (Å²) in [7, 11) is 0. The topological polar surface area (TPSA) is 53.4 Å². The lowest BCUT2D eigenvalue weighted by Gasteiger charge is -2.26. The van der Waals surface area contributed by atoms with Crippen molar-refractivity contribution in [3.63, 3.8) is 0 Å². The lowest BCUT2D eigenvalue weighted by atomic mass is 9.93. The first-order valence-corrected chi connectivity index (χ1v) is 10.9. The maximum atomic E-state index is 12.0. The van der Waals surface area contributed by atoms with Crippen LogP contribution in [0.25, 0.3) is 10.9 Å². The van der Waals surface area contributed by atoms with Gasteiger partial charge >= 0.3 is 5.97 Å². The molecule has 1 aromatic heterocycles. The third kappa shape index (κ3) is 4.32. The van der Waals surface area contributed by atoms with Gasteiger partial charge in [0, 0.05) is 15.4 Å². The molecule has 2 aromatic carbocycles. The molecule has 3 aromatic rings. The van der Waals surface area contributed by atoms with E-state index in [1.807, 2.05) is 32.0 Å². The van der Waals surface area contributed by atoms with Gasteiger partial charge in [-0.05, 0) is 57.4 Å². The molecule has 0 N–H and O–H groups in total. The van der Waals surface area contributed by atoms with Gasteiger partial charge in [-0.3, -0.25) is 9.48 Å². The molecule has 4 rings (SSSR count). The monoisotopic (exact) mass is 456 g/mol. The summed E-state index contributed by atoms with van der Waals surface area (Å²) in [6, 6.07) is 12.6. The molecule has 1 fully saturated rings. The van der Waals surface area contributed by atoms with Gasteiger partial charge in [0.15, 0.2) is 0 Å². The third-order valence-electron chi connectivity index (χ3n) is 5.39. The fourth-order valence-corrected chi connectivity index (χ4v) is 4.06. The van der Waals surface area contributed by atoms with Gasteiger partial charge < -0.3 is 9.47 Å². The summed E-state index contributed by atoms with van der Waals surface area (Å²) in [5.74, 6) is 0.455. The molecule has 0 spiro atoms. The molecule has 1 heterocycles. The van der Waals surface area contributed by atoms with E-state index in [1.54, 1.807) is 0 Å². The van der Waals surface area contributed by atoms with Crippen molar-refractivity contribution in [2.24, 2.45) is 0 Å². The number of ether oxygens (including phenoxy) is 2. The van der Waals surface area contributed by atoms with Crippen LogP contribution in [0.5, 0.6) is 5.75 Å². The molecular formula is C23H25BrN2O3. The molecule has 0 aliphatic heterocycles. The fourth-order valence-electron chi connectivity index (χ4n) is 3.69. The number of esters is 1. The van der Waals surface area contributed by atoms with Crippen LogP contribution in [0.4, 0.5) is 0 Å². The van der Waals surface area contributed by atoms with Gasteiger partial charge in [-0.2, -0.15) is 5.10 Å². The highest BCUT2D eigenvalue weighted by atomic mass is 79.9. The van der Waals surface area contributed by atoms with Crippen LogP contribution in [0, 0.1) is 6.92 Å². The molecule has 6 heteroatoms. The number of fused-ring (bicyclic) bond motifs is 1. The van der Waals surface area contributed by atoms with Crippen molar-refractivity contribution in [3.8, 4) is 5.75 Å². The lowest BCUT2D eigenvalue weighted by Crippen LogP contribution is -2.18. The van der Waals surface area contributed by atoms with Crippen molar-refractivity contribution < 1.29 is 14.3 Å². The van der Waals surface area contributed by atoms with E-state index in [-0.39, 0.29) is 12.4 Å². The van der Waals surface area contributed by atoms with Crippen LogP contribution in [0.15, 0.2) is 40.9 Å². The second-order valence-corrected chi connectivity index (χ2v) is 8.43. The summed E-state index contributed by atoms with van der Waals surface area (Å²) in [4.78, 5) is 12.0. The van der Waals surface area contributed by atoms with Crippen molar-refractivity contribution in [2.45, 2.75) is 52.2 Å². The highest BCUT2D eigenvalue weighted by Gasteiger charge is 2.24. The molecule has 0 saturated heterocycles. The molecule has 0 atom stereocenters. The van der Waals surface area contributed by atoms with Crippen LogP contribution < -0.4 is 4.74 Å². The Balaban J connectivity index is 1.60. The van der Waals surface area contributed by atoms with Crippen molar-refractivity contribution in [3.05, 3.63) is 57.7 Å². The second kappa shape index (κ2) is 8.57. The predicted molar refractivity (Wildman–Crippen MR) is 116 cm³/mol. The van der Waals surface area contributed by atoms with Crippen molar-refractivity contribution in [1.82, 2.24) is 9.78 Å². The smallest absolute Gasteiger partial charge is 0.310 e. The number of rotatable bonds is 7. The maximum absolute atomic E-state index is 12.0. The van der Waals surface area contributed by atoms with E-state index in [0.717, 1.165) is 32.2 Å². The minimum Gasteiger partial charge on any atom is -0.487 e. The van der Waals surface area contributed by atoms with Crippen LogP contribution in [-0.2, 0) is 22.6 Å². The highest BCUT2D eigenvalue weighted by Crippen LogP contribution is 2.35. The Morgan fingerprint density at radius 1 is 1.24 bits per heavy atom. The van der Waals surface area contributed by atoms with E-state index >= 15 is 0 Å². The number of hydrogen-bond donors (Lipinski definition) is 0. The van der Waals surface area contributed by atoms with Crippen LogP contribution in [0.2, 0.25) is 0 Å². The summed E-state index contributed by atoms with van der Waals surface area (Å²) >= 11 is 3.57. The van der Waals surface area contributed by atoms with E-state index in [0.29, 0.717) is 25.0 Å².